The van der Waals surface area contributed by atoms with Crippen LogP contribution in [0.15, 0.2) is 400 Å². The zero-order valence-electron chi connectivity index (χ0n) is 55.8. The molecule has 0 unspecified atom stereocenters. The van der Waals surface area contributed by atoms with Crippen molar-refractivity contribution in [2.75, 3.05) is 9.80 Å². The molecule has 16 aromatic carbocycles. The Morgan fingerprint density at radius 1 is 0.167 bits per heavy atom. The summed E-state index contributed by atoms with van der Waals surface area (Å²) < 4.78 is 13.7. The summed E-state index contributed by atoms with van der Waals surface area (Å²) in [5.41, 5.74) is 29.7. The molecule has 2 spiro atoms. The summed E-state index contributed by atoms with van der Waals surface area (Å²) in [6.45, 7) is 0. The Morgan fingerprint density at radius 2 is 0.451 bits per heavy atom. The van der Waals surface area contributed by atoms with Crippen molar-refractivity contribution in [1.29, 1.82) is 0 Å². The third-order valence-corrected chi connectivity index (χ3v) is 21.1. The Kier molecular flexibility index (Phi) is 14.6. The lowest BCUT2D eigenvalue weighted by Crippen LogP contribution is -2.32. The molecule has 4 nitrogen and oxygen atoms in total. The van der Waals surface area contributed by atoms with E-state index in [1.54, 1.807) is 0 Å². The van der Waals surface area contributed by atoms with E-state index in [1.807, 2.05) is 0 Å². The van der Waals surface area contributed by atoms with Crippen molar-refractivity contribution in [3.8, 4) is 89.8 Å². The molecule has 2 heterocycles. The molecule has 0 amide bonds. The average molecular weight is 1300 g/mol. The third-order valence-electron chi connectivity index (χ3n) is 21.1. The molecule has 0 bridgehead atoms. The van der Waals surface area contributed by atoms with Crippen LogP contribution in [0.1, 0.15) is 44.5 Å². The van der Waals surface area contributed by atoms with Crippen LogP contribution in [0.25, 0.3) is 66.8 Å². The molecule has 102 heavy (non-hydrogen) atoms. The Bertz CT molecular complexity index is 5640. The van der Waals surface area contributed by atoms with Gasteiger partial charge in [-0.15, -0.1) is 0 Å². The smallest absolute Gasteiger partial charge is 0.134 e. The van der Waals surface area contributed by atoms with E-state index in [0.29, 0.717) is 0 Å². The molecule has 0 saturated heterocycles. The lowest BCUT2D eigenvalue weighted by atomic mass is 9.66. The SMILES string of the molecule is c1ccc(-c2ccc(N(c3ccc(-c4ccccc4)cc3)c3ccc4c(c3)Oc3ccccc3C43c4ccccc4-c4ccccc43)cc2)cc1.c1ccc(-c2ccc(N(c3ccc4c(c3)C3(c5ccccc5O4)c4ccccc4-c4ccccc43)c3ccccc3-c3ccccc3)cc2)cc1. The quantitative estimate of drug-likeness (QED) is 0.136. The maximum absolute atomic E-state index is 6.88. The van der Waals surface area contributed by atoms with Crippen molar-refractivity contribution in [2.45, 2.75) is 10.8 Å². The number of hydrogen-bond acceptors (Lipinski definition) is 4. The zero-order chi connectivity index (χ0) is 67.6. The first-order valence-corrected chi connectivity index (χ1v) is 35.0. The van der Waals surface area contributed by atoms with Gasteiger partial charge in [0, 0.05) is 62.3 Å². The predicted molar refractivity (Wildman–Crippen MR) is 419 cm³/mol. The highest BCUT2D eigenvalue weighted by Crippen LogP contribution is 2.65. The second-order valence-corrected chi connectivity index (χ2v) is 26.5. The molecule has 0 radical (unpaired) electrons. The molecule has 20 rings (SSSR count). The second-order valence-electron chi connectivity index (χ2n) is 26.5. The lowest BCUT2D eigenvalue weighted by Gasteiger charge is -2.40. The van der Waals surface area contributed by atoms with E-state index in [-0.39, 0.29) is 0 Å². The molecule has 0 fully saturated rings. The molecule has 4 aliphatic rings. The van der Waals surface area contributed by atoms with Crippen LogP contribution in [0.3, 0.4) is 0 Å². The number of hydrogen-bond donors (Lipinski definition) is 0. The molecule has 2 aliphatic heterocycles. The van der Waals surface area contributed by atoms with Crippen LogP contribution >= 0.6 is 0 Å². The highest BCUT2D eigenvalue weighted by atomic mass is 16.5. The maximum atomic E-state index is 6.88. The van der Waals surface area contributed by atoms with Crippen molar-refractivity contribution in [3.05, 3.63) is 445 Å². The van der Waals surface area contributed by atoms with Gasteiger partial charge in [0.25, 0.3) is 0 Å². The van der Waals surface area contributed by atoms with Crippen molar-refractivity contribution in [3.63, 3.8) is 0 Å². The van der Waals surface area contributed by atoms with Gasteiger partial charge in [-0.2, -0.15) is 0 Å². The number of nitrogens with zero attached hydrogens (tertiary/aromatic N) is 2. The van der Waals surface area contributed by atoms with E-state index in [2.05, 4.69) is 410 Å². The summed E-state index contributed by atoms with van der Waals surface area (Å²) in [6.07, 6.45) is 0. The van der Waals surface area contributed by atoms with E-state index < -0.39 is 10.8 Å². The average Bonchev–Trinajstić information content (AvgIpc) is 1.49. The minimum atomic E-state index is -0.546. The zero-order valence-corrected chi connectivity index (χ0v) is 55.8. The van der Waals surface area contributed by atoms with Gasteiger partial charge >= 0.3 is 0 Å². The van der Waals surface area contributed by atoms with Gasteiger partial charge in [0.05, 0.1) is 16.5 Å². The lowest BCUT2D eigenvalue weighted by molar-refractivity contribution is 0.436. The van der Waals surface area contributed by atoms with Crippen LogP contribution in [0.2, 0.25) is 0 Å². The number of fused-ring (bicyclic) bond motifs is 18. The van der Waals surface area contributed by atoms with E-state index in [9.17, 15) is 0 Å². The minimum absolute atomic E-state index is 0.491. The van der Waals surface area contributed by atoms with Crippen molar-refractivity contribution in [1.82, 2.24) is 0 Å². The van der Waals surface area contributed by atoms with Crippen molar-refractivity contribution < 1.29 is 9.47 Å². The van der Waals surface area contributed by atoms with Crippen LogP contribution < -0.4 is 19.3 Å². The highest BCUT2D eigenvalue weighted by Gasteiger charge is 2.53. The fourth-order valence-corrected chi connectivity index (χ4v) is 16.7. The maximum Gasteiger partial charge on any atom is 0.134 e. The molecule has 16 aromatic rings. The molecule has 0 aromatic heterocycles. The summed E-state index contributed by atoms with van der Waals surface area (Å²) >= 11 is 0. The molecular weight excluding hydrogens is 1240 g/mol. The standard InChI is InChI=1S/2C49H33NO/c1-3-15-34(16-4-1)35-27-29-37(30-28-35)50(46-25-13-9-19-39(46)36-17-5-2-6-18-36)38-31-32-48-45(33-38)49(44-24-12-14-26-47(44)51-48)42-22-10-7-20-40(42)41-21-8-11-23-43(41)49;1-3-13-34(14-4-1)36-23-27-38(28-24-36)50(39-29-25-37(26-30-39)35-15-5-2-6-16-35)40-31-32-46-48(33-40)51-47-22-12-11-21-45(47)49(46)43-19-9-7-17-41(43)42-18-8-10-20-44(42)49/h2*1-33H. The van der Waals surface area contributed by atoms with Gasteiger partial charge in [-0.25, -0.2) is 0 Å². The fraction of sp³-hybridized carbons (Fsp3) is 0.0204. The predicted octanol–water partition coefficient (Wildman–Crippen LogP) is 25.9. The normalized spacial score (nSPS) is 13.0. The Hall–Kier alpha value is -13.3. The summed E-state index contributed by atoms with van der Waals surface area (Å²) in [5.74, 6) is 3.52. The van der Waals surface area contributed by atoms with Crippen LogP contribution in [0, 0.1) is 0 Å². The van der Waals surface area contributed by atoms with Gasteiger partial charge in [0.2, 0.25) is 0 Å². The van der Waals surface area contributed by atoms with Crippen LogP contribution in [-0.4, -0.2) is 0 Å². The van der Waals surface area contributed by atoms with Gasteiger partial charge in [-0.05, 0) is 162 Å². The van der Waals surface area contributed by atoms with Crippen LogP contribution in [0.4, 0.5) is 34.1 Å². The third kappa shape index (κ3) is 9.74. The van der Waals surface area contributed by atoms with E-state index in [0.717, 1.165) is 79.4 Å². The van der Waals surface area contributed by atoms with Gasteiger partial charge in [-0.3, -0.25) is 0 Å². The van der Waals surface area contributed by atoms with E-state index >= 15 is 0 Å². The summed E-state index contributed by atoms with van der Waals surface area (Å²) in [5, 5.41) is 0. The van der Waals surface area contributed by atoms with Gasteiger partial charge in [0.1, 0.15) is 23.0 Å². The second kappa shape index (κ2) is 24.9. The number of ether oxygens (including phenoxy) is 2. The molecule has 480 valence electrons. The van der Waals surface area contributed by atoms with Crippen LogP contribution in [-0.2, 0) is 10.8 Å². The largest absolute Gasteiger partial charge is 0.457 e. The molecule has 0 atom stereocenters. The number of anilines is 6. The molecule has 4 heteroatoms. The summed E-state index contributed by atoms with van der Waals surface area (Å²) in [7, 11) is 0. The topological polar surface area (TPSA) is 24.9 Å². The molecule has 2 aliphatic carbocycles. The number of benzene rings is 16. The van der Waals surface area contributed by atoms with E-state index in [4.69, 9.17) is 9.47 Å². The Morgan fingerprint density at radius 3 is 0.892 bits per heavy atom. The van der Waals surface area contributed by atoms with Crippen molar-refractivity contribution >= 4 is 34.1 Å². The van der Waals surface area contributed by atoms with Gasteiger partial charge < -0.3 is 19.3 Å². The molecule has 0 N–H and O–H groups in total. The highest BCUT2D eigenvalue weighted by molar-refractivity contribution is 5.94. The molecule has 0 saturated carbocycles. The molecular formula is C98H66N2O2. The fourth-order valence-electron chi connectivity index (χ4n) is 16.7. The Balaban J connectivity index is 0.000000141. The number of para-hydroxylation sites is 3. The first-order valence-electron chi connectivity index (χ1n) is 35.0. The first-order chi connectivity index (χ1) is 50.6. The minimum Gasteiger partial charge on any atom is -0.457 e. The summed E-state index contributed by atoms with van der Waals surface area (Å²) in [4.78, 5) is 4.73. The monoisotopic (exact) mass is 1300 g/mol. The van der Waals surface area contributed by atoms with Gasteiger partial charge in [0.15, 0.2) is 0 Å². The van der Waals surface area contributed by atoms with Crippen LogP contribution in [0.5, 0.6) is 23.0 Å². The van der Waals surface area contributed by atoms with Gasteiger partial charge in [-0.1, -0.05) is 315 Å². The van der Waals surface area contributed by atoms with E-state index in [1.165, 1.54) is 89.0 Å². The van der Waals surface area contributed by atoms with Crippen molar-refractivity contribution in [2.24, 2.45) is 0 Å². The first kappa shape index (κ1) is 59.9. The Labute approximate surface area is 595 Å². The number of rotatable bonds is 10. The summed E-state index contributed by atoms with van der Waals surface area (Å²) in [6, 6.07) is 144.